The Hall–Kier alpha value is -3.29. The maximum atomic E-state index is 11.8. The number of ether oxygens (including phenoxy) is 3. The summed E-state index contributed by atoms with van der Waals surface area (Å²) in [6.45, 7) is 26.4. The fraction of sp³-hybridized carbons (Fsp3) is 0.490. The Kier molecular flexibility index (Phi) is 25.6. The topological polar surface area (TPSA) is 118 Å². The molecule has 1 fully saturated rings. The molecule has 5 rings (SSSR count). The fourth-order valence-electron chi connectivity index (χ4n) is 6.18. The van der Waals surface area contributed by atoms with Gasteiger partial charge >= 0.3 is 45.3 Å². The van der Waals surface area contributed by atoms with Crippen LogP contribution < -0.4 is 20.7 Å². The summed E-state index contributed by atoms with van der Waals surface area (Å²) in [6.07, 6.45) is 6.11. The standard InChI is InChI=1S/C21H27NO3.C11H15NO3.C10H13Br.C9H19N.Cu.HI/c1-20(2,3)15-7-11-17(12-8-15)24-18-13-9-16(10-14-18)22-19(23)25-21(4,5)6;1-11(2,3)15-10(14)12-8-4-6-9(13)7-5-8;1-10(2,3)8-4-6-9(11)7-5-8;1-3-8-6-4-5-7-9(8)10-2;;/h7-14H,1-6H3,(H,22,23);4-7,13H,1-3H3,(H,12,14);4-7H,1-3H3;8-10H,3-7H2,1-2H3;;1H/q;;;;+1;/p-1. The summed E-state index contributed by atoms with van der Waals surface area (Å²) in [4.78, 5) is 23.1. The predicted octanol–water partition coefficient (Wildman–Crippen LogP) is 15.7. The average molecular weight is 1100 g/mol. The van der Waals surface area contributed by atoms with E-state index in [0.717, 1.165) is 22.2 Å². The van der Waals surface area contributed by atoms with E-state index in [0.29, 0.717) is 17.1 Å². The quantitative estimate of drug-likeness (QED) is 0.0863. The van der Waals surface area contributed by atoms with Gasteiger partial charge in [0.15, 0.2) is 0 Å². The zero-order chi connectivity index (χ0) is 48.0. The van der Waals surface area contributed by atoms with Crippen molar-refractivity contribution in [2.24, 2.45) is 5.92 Å². The normalized spacial score (nSPS) is 14.8. The summed E-state index contributed by atoms with van der Waals surface area (Å²) >= 11 is 9.28. The number of anilines is 2. The van der Waals surface area contributed by atoms with E-state index in [1.165, 1.54) is 55.4 Å². The van der Waals surface area contributed by atoms with Crippen LogP contribution in [-0.2, 0) is 33.1 Å². The van der Waals surface area contributed by atoms with Crippen molar-refractivity contribution < 1.29 is 41.7 Å². The number of aromatic hydroxyl groups is 1. The minimum atomic E-state index is -0.521. The number of benzene rings is 4. The SMILES string of the molecule is CC(C)(C)OC(=O)Nc1ccc(O)cc1.CC(C)(C)OC(=O)Nc1ccc(Oc2ccc(C(C)(C)C)cc2)cc1.CC(C)(C)c1ccc(Br)cc1.CCC1CCCCC1NC.[Cu][I]. The first-order chi connectivity index (χ1) is 29.3. The van der Waals surface area contributed by atoms with E-state index in [4.69, 9.17) is 19.3 Å². The van der Waals surface area contributed by atoms with Crippen LogP contribution in [0.1, 0.15) is 133 Å². The van der Waals surface area contributed by atoms with Crippen molar-refractivity contribution in [3.8, 4) is 17.2 Å². The van der Waals surface area contributed by atoms with E-state index in [9.17, 15) is 9.59 Å². The second kappa shape index (κ2) is 27.9. The number of amides is 2. The predicted molar refractivity (Wildman–Crippen MR) is 271 cm³/mol. The van der Waals surface area contributed by atoms with E-state index in [-0.39, 0.29) is 16.6 Å². The minimum absolute atomic E-state index is 0.119. The number of nitrogens with one attached hydrogen (secondary N) is 3. The van der Waals surface area contributed by atoms with Crippen molar-refractivity contribution in [2.45, 2.75) is 150 Å². The van der Waals surface area contributed by atoms with Crippen LogP contribution in [0.3, 0.4) is 0 Å². The first-order valence-corrected chi connectivity index (χ1v) is 25.3. The van der Waals surface area contributed by atoms with Crippen LogP contribution >= 0.6 is 36.3 Å². The Bertz CT molecular complexity index is 1870. The summed E-state index contributed by atoms with van der Waals surface area (Å²) in [5, 5.41) is 17.7. The third kappa shape index (κ3) is 25.7. The van der Waals surface area contributed by atoms with Gasteiger partial charge in [0.1, 0.15) is 28.5 Å². The van der Waals surface area contributed by atoms with Crippen molar-refractivity contribution in [2.75, 3.05) is 17.7 Å². The fourth-order valence-corrected chi connectivity index (χ4v) is 6.44. The first kappa shape index (κ1) is 57.7. The van der Waals surface area contributed by atoms with Crippen LogP contribution in [-0.4, -0.2) is 41.6 Å². The Morgan fingerprint density at radius 2 is 1.00 bits per heavy atom. The number of rotatable bonds is 6. The van der Waals surface area contributed by atoms with Gasteiger partial charge in [0.05, 0.1) is 0 Å². The van der Waals surface area contributed by atoms with E-state index in [1.807, 2.05) is 45.0 Å². The molecule has 2 unspecified atom stereocenters. The van der Waals surface area contributed by atoms with E-state index in [1.54, 1.807) is 65.4 Å². The number of carbonyl (C=O) groups excluding carboxylic acids is 2. The first-order valence-electron chi connectivity index (χ1n) is 21.5. The second-order valence-electron chi connectivity index (χ2n) is 19.3. The van der Waals surface area contributed by atoms with Crippen LogP contribution in [0.4, 0.5) is 21.0 Å². The Balaban J connectivity index is 0.000000445. The molecule has 354 valence electrons. The molecule has 0 spiro atoms. The summed E-state index contributed by atoms with van der Waals surface area (Å²) in [5.41, 5.74) is 3.23. The van der Waals surface area contributed by atoms with E-state index < -0.39 is 23.4 Å². The maximum absolute atomic E-state index is 11.8. The van der Waals surface area contributed by atoms with Gasteiger partial charge < -0.3 is 24.6 Å². The van der Waals surface area contributed by atoms with Gasteiger partial charge in [-0.25, -0.2) is 9.59 Å². The van der Waals surface area contributed by atoms with Gasteiger partial charge in [-0.05, 0) is 162 Å². The molecule has 1 saturated carbocycles. The van der Waals surface area contributed by atoms with Crippen LogP contribution in [0.5, 0.6) is 17.2 Å². The molecule has 2 atom stereocenters. The number of hydrogen-bond acceptors (Lipinski definition) is 7. The third-order valence-corrected chi connectivity index (χ3v) is 10.0. The second-order valence-corrected chi connectivity index (χ2v) is 20.2. The molecule has 63 heavy (non-hydrogen) atoms. The average Bonchev–Trinajstić information content (AvgIpc) is 3.19. The van der Waals surface area contributed by atoms with Gasteiger partial charge in [-0.1, -0.05) is 108 Å². The molecular weight excluding hydrogens is 1020 g/mol. The van der Waals surface area contributed by atoms with Gasteiger partial charge in [0.2, 0.25) is 0 Å². The Morgan fingerprint density at radius 1 is 0.635 bits per heavy atom. The summed E-state index contributed by atoms with van der Waals surface area (Å²) in [7, 11) is 2.10. The Labute approximate surface area is 407 Å². The summed E-state index contributed by atoms with van der Waals surface area (Å²) in [5.74, 6) is 2.60. The number of phenolic OH excluding ortho intramolecular Hbond substituents is 1. The van der Waals surface area contributed by atoms with Crippen molar-refractivity contribution >= 4 is 59.8 Å². The number of halogens is 2. The molecule has 1 aliphatic carbocycles. The van der Waals surface area contributed by atoms with Crippen LogP contribution in [0.2, 0.25) is 0 Å². The zero-order valence-corrected chi connectivity index (χ0v) is 44.7. The van der Waals surface area contributed by atoms with Crippen LogP contribution in [0.15, 0.2) is 102 Å². The van der Waals surface area contributed by atoms with Gasteiger partial charge in [0.25, 0.3) is 0 Å². The monoisotopic (exact) mass is 1090 g/mol. The Morgan fingerprint density at radius 3 is 1.35 bits per heavy atom. The van der Waals surface area contributed by atoms with Gasteiger partial charge in [-0.3, -0.25) is 10.6 Å². The van der Waals surface area contributed by atoms with Crippen LogP contribution in [0, 0.1) is 5.92 Å². The molecule has 0 aliphatic heterocycles. The molecule has 2 amide bonds. The molecule has 0 radical (unpaired) electrons. The molecule has 12 heteroatoms. The summed E-state index contributed by atoms with van der Waals surface area (Å²) in [6, 6.07) is 30.7. The molecule has 4 aromatic carbocycles. The summed E-state index contributed by atoms with van der Waals surface area (Å²) < 4.78 is 17.3. The van der Waals surface area contributed by atoms with Crippen molar-refractivity contribution in [1.82, 2.24) is 5.32 Å². The molecule has 0 saturated heterocycles. The number of carbonyl (C=O) groups is 2. The number of phenols is 1. The van der Waals surface area contributed by atoms with Crippen molar-refractivity contribution in [3.05, 3.63) is 113 Å². The molecule has 0 aromatic heterocycles. The molecule has 4 aromatic rings. The molecular formula is C51H74BrCuIN3O6. The van der Waals surface area contributed by atoms with Crippen LogP contribution in [0.25, 0.3) is 0 Å². The molecule has 9 nitrogen and oxygen atoms in total. The van der Waals surface area contributed by atoms with Gasteiger partial charge in [-0.2, -0.15) is 0 Å². The van der Waals surface area contributed by atoms with Gasteiger partial charge in [-0.15, -0.1) is 0 Å². The molecule has 1 aliphatic rings. The molecule has 0 bridgehead atoms. The van der Waals surface area contributed by atoms with Crippen molar-refractivity contribution in [3.63, 3.8) is 0 Å². The van der Waals surface area contributed by atoms with E-state index in [2.05, 4.69) is 137 Å². The van der Waals surface area contributed by atoms with Gasteiger partial charge in [0, 0.05) is 21.9 Å². The van der Waals surface area contributed by atoms with Crippen molar-refractivity contribution in [1.29, 1.82) is 0 Å². The molecule has 0 heterocycles. The molecule has 4 N–H and O–H groups in total. The third-order valence-electron chi connectivity index (χ3n) is 9.48. The zero-order valence-electron chi connectivity index (χ0n) is 40.0. The number of hydrogen-bond donors (Lipinski definition) is 4. The van der Waals surface area contributed by atoms with E-state index >= 15 is 0 Å².